The van der Waals surface area contributed by atoms with E-state index in [1.807, 2.05) is 19.1 Å². The van der Waals surface area contributed by atoms with Crippen LogP contribution in [0.1, 0.15) is 28.8 Å². The van der Waals surface area contributed by atoms with E-state index >= 15 is 0 Å². The Labute approximate surface area is 142 Å². The van der Waals surface area contributed by atoms with Crippen molar-refractivity contribution in [2.24, 2.45) is 0 Å². The Morgan fingerprint density at radius 2 is 1.92 bits per heavy atom. The number of nitrogen functional groups attached to an aromatic ring is 1. The van der Waals surface area contributed by atoms with E-state index in [0.29, 0.717) is 22.7 Å². The van der Waals surface area contributed by atoms with E-state index in [2.05, 4.69) is 16.3 Å². The molecule has 24 heavy (non-hydrogen) atoms. The predicted octanol–water partition coefficient (Wildman–Crippen LogP) is 3.44. The second kappa shape index (κ2) is 6.83. The highest BCUT2D eigenvalue weighted by Crippen LogP contribution is 2.28. The lowest BCUT2D eigenvalue weighted by Crippen LogP contribution is -2.23. The molecule has 0 atom stereocenters. The van der Waals surface area contributed by atoms with Crippen molar-refractivity contribution in [3.05, 3.63) is 47.5 Å². The van der Waals surface area contributed by atoms with Gasteiger partial charge in [-0.15, -0.1) is 0 Å². The molecule has 126 valence electrons. The summed E-state index contributed by atoms with van der Waals surface area (Å²) in [5.74, 6) is 0.478. The molecule has 1 aliphatic heterocycles. The number of nitrogens with one attached hydrogen (secondary N) is 1. The number of amides is 1. The minimum Gasteiger partial charge on any atom is -0.495 e. The van der Waals surface area contributed by atoms with Crippen molar-refractivity contribution in [1.82, 2.24) is 0 Å². The van der Waals surface area contributed by atoms with Crippen LogP contribution >= 0.6 is 0 Å². The molecule has 3 N–H and O–H groups in total. The van der Waals surface area contributed by atoms with Gasteiger partial charge >= 0.3 is 0 Å². The number of rotatable bonds is 4. The largest absolute Gasteiger partial charge is 0.495 e. The van der Waals surface area contributed by atoms with Gasteiger partial charge in [-0.3, -0.25) is 4.79 Å². The zero-order valence-corrected chi connectivity index (χ0v) is 14.1. The highest BCUT2D eigenvalue weighted by Gasteiger charge is 2.20. The molecule has 0 aliphatic carbocycles. The first-order valence-corrected chi connectivity index (χ1v) is 8.19. The highest BCUT2D eigenvalue weighted by atomic mass is 16.5. The van der Waals surface area contributed by atoms with Crippen molar-refractivity contribution < 1.29 is 9.53 Å². The van der Waals surface area contributed by atoms with Crippen LogP contribution in [0.25, 0.3) is 0 Å². The maximum absolute atomic E-state index is 12.8. The number of nitrogens with two attached hydrogens (primary N) is 1. The molecule has 0 bridgehead atoms. The van der Waals surface area contributed by atoms with Crippen LogP contribution in [-0.2, 0) is 0 Å². The maximum atomic E-state index is 12.8. The summed E-state index contributed by atoms with van der Waals surface area (Å²) in [6.45, 7) is 3.99. The average Bonchev–Trinajstić information content (AvgIpc) is 3.09. The third-order valence-electron chi connectivity index (χ3n) is 4.33. The molecule has 0 spiro atoms. The lowest BCUT2D eigenvalue weighted by Gasteiger charge is -2.21. The van der Waals surface area contributed by atoms with Crippen LogP contribution < -0.4 is 20.7 Å². The first-order valence-electron chi connectivity index (χ1n) is 8.19. The van der Waals surface area contributed by atoms with Gasteiger partial charge in [0.25, 0.3) is 5.91 Å². The number of carbonyl (C=O) groups excluding carboxylic acids is 1. The fourth-order valence-electron chi connectivity index (χ4n) is 3.08. The van der Waals surface area contributed by atoms with E-state index in [9.17, 15) is 4.79 Å². The van der Waals surface area contributed by atoms with Crippen molar-refractivity contribution in [1.29, 1.82) is 0 Å². The summed E-state index contributed by atoms with van der Waals surface area (Å²) < 4.78 is 5.15. The van der Waals surface area contributed by atoms with Crippen LogP contribution in [0.2, 0.25) is 0 Å². The number of aryl methyl sites for hydroxylation is 1. The van der Waals surface area contributed by atoms with E-state index in [4.69, 9.17) is 10.5 Å². The van der Waals surface area contributed by atoms with Gasteiger partial charge < -0.3 is 20.7 Å². The summed E-state index contributed by atoms with van der Waals surface area (Å²) >= 11 is 0. The van der Waals surface area contributed by atoms with Gasteiger partial charge in [0.1, 0.15) is 5.75 Å². The van der Waals surface area contributed by atoms with Crippen LogP contribution in [0.15, 0.2) is 36.4 Å². The van der Waals surface area contributed by atoms with Gasteiger partial charge in [-0.05, 0) is 50.1 Å². The fourth-order valence-corrected chi connectivity index (χ4v) is 3.08. The summed E-state index contributed by atoms with van der Waals surface area (Å²) in [5, 5.41) is 2.94. The Morgan fingerprint density at radius 3 is 2.58 bits per heavy atom. The highest BCUT2D eigenvalue weighted by molar-refractivity contribution is 6.08. The SMILES string of the molecule is COc1ccc(NC(=O)c2cc(C)ccc2N2CCCC2)cc1N. The van der Waals surface area contributed by atoms with Gasteiger partial charge in [0.2, 0.25) is 0 Å². The Kier molecular flexibility index (Phi) is 4.60. The van der Waals surface area contributed by atoms with Crippen LogP contribution in [0.3, 0.4) is 0 Å². The molecule has 1 fully saturated rings. The first kappa shape index (κ1) is 16.2. The normalized spacial score (nSPS) is 13.8. The third kappa shape index (κ3) is 3.30. The molecular weight excluding hydrogens is 302 g/mol. The van der Waals surface area contributed by atoms with E-state index in [0.717, 1.165) is 24.3 Å². The van der Waals surface area contributed by atoms with Crippen LogP contribution in [0, 0.1) is 6.92 Å². The Bertz CT molecular complexity index is 752. The molecule has 1 amide bonds. The van der Waals surface area contributed by atoms with Gasteiger partial charge in [-0.1, -0.05) is 11.6 Å². The summed E-state index contributed by atoms with van der Waals surface area (Å²) in [7, 11) is 1.57. The third-order valence-corrected chi connectivity index (χ3v) is 4.33. The predicted molar refractivity (Wildman–Crippen MR) is 98.0 cm³/mol. The van der Waals surface area contributed by atoms with Gasteiger partial charge in [-0.25, -0.2) is 0 Å². The topological polar surface area (TPSA) is 67.6 Å². The molecule has 0 radical (unpaired) electrons. The molecule has 2 aromatic carbocycles. The molecule has 3 rings (SSSR count). The molecule has 0 aromatic heterocycles. The number of hydrogen-bond acceptors (Lipinski definition) is 4. The second-order valence-electron chi connectivity index (χ2n) is 6.13. The number of anilines is 3. The van der Waals surface area contributed by atoms with E-state index in [-0.39, 0.29) is 5.91 Å². The second-order valence-corrected chi connectivity index (χ2v) is 6.13. The molecular formula is C19H23N3O2. The monoisotopic (exact) mass is 325 g/mol. The molecule has 0 saturated carbocycles. The lowest BCUT2D eigenvalue weighted by atomic mass is 10.1. The molecule has 5 heteroatoms. The summed E-state index contributed by atoms with van der Waals surface area (Å²) in [4.78, 5) is 15.1. The van der Waals surface area contributed by atoms with E-state index in [1.54, 1.807) is 25.3 Å². The number of ether oxygens (including phenoxy) is 1. The zero-order chi connectivity index (χ0) is 17.1. The summed E-state index contributed by atoms with van der Waals surface area (Å²) in [6.07, 6.45) is 2.34. The van der Waals surface area contributed by atoms with Crippen LogP contribution in [0.5, 0.6) is 5.75 Å². The molecule has 2 aromatic rings. The number of hydrogen-bond donors (Lipinski definition) is 2. The number of methoxy groups -OCH3 is 1. The maximum Gasteiger partial charge on any atom is 0.257 e. The summed E-state index contributed by atoms with van der Waals surface area (Å²) in [5.41, 5.74) is 9.84. The number of benzene rings is 2. The van der Waals surface area contributed by atoms with Crippen molar-refractivity contribution in [2.45, 2.75) is 19.8 Å². The van der Waals surface area contributed by atoms with Crippen LogP contribution in [0.4, 0.5) is 17.1 Å². The van der Waals surface area contributed by atoms with Gasteiger partial charge in [0.15, 0.2) is 0 Å². The van der Waals surface area contributed by atoms with E-state index in [1.165, 1.54) is 12.8 Å². The Balaban J connectivity index is 1.86. The molecule has 5 nitrogen and oxygen atoms in total. The molecule has 1 aliphatic rings. The van der Waals surface area contributed by atoms with E-state index < -0.39 is 0 Å². The minimum absolute atomic E-state index is 0.120. The van der Waals surface area contributed by atoms with Gasteiger partial charge in [0, 0.05) is 24.5 Å². The Morgan fingerprint density at radius 1 is 1.17 bits per heavy atom. The molecule has 1 saturated heterocycles. The van der Waals surface area contributed by atoms with Crippen molar-refractivity contribution >= 4 is 23.0 Å². The minimum atomic E-state index is -0.120. The standard InChI is InChI=1S/C19H23N3O2/c1-13-5-7-17(22-9-3-4-10-22)15(11-13)19(23)21-14-6-8-18(24-2)16(20)12-14/h5-8,11-12H,3-4,9-10,20H2,1-2H3,(H,21,23). The lowest BCUT2D eigenvalue weighted by molar-refractivity contribution is 0.102. The quantitative estimate of drug-likeness (QED) is 0.845. The smallest absolute Gasteiger partial charge is 0.257 e. The average molecular weight is 325 g/mol. The summed E-state index contributed by atoms with van der Waals surface area (Å²) in [6, 6.07) is 11.3. The van der Waals surface area contributed by atoms with Gasteiger partial charge in [0.05, 0.1) is 18.4 Å². The molecule has 1 heterocycles. The van der Waals surface area contributed by atoms with Crippen LogP contribution in [-0.4, -0.2) is 26.1 Å². The van der Waals surface area contributed by atoms with Crippen molar-refractivity contribution in [3.63, 3.8) is 0 Å². The molecule has 0 unspecified atom stereocenters. The Hall–Kier alpha value is -2.69. The number of nitrogens with zero attached hydrogens (tertiary/aromatic N) is 1. The zero-order valence-electron chi connectivity index (χ0n) is 14.1. The first-order chi connectivity index (χ1) is 11.6. The van der Waals surface area contributed by atoms with Gasteiger partial charge in [-0.2, -0.15) is 0 Å². The van der Waals surface area contributed by atoms with Crippen molar-refractivity contribution in [2.75, 3.05) is 36.1 Å². The van der Waals surface area contributed by atoms with Crippen molar-refractivity contribution in [3.8, 4) is 5.75 Å². The number of carbonyl (C=O) groups is 1. The fraction of sp³-hybridized carbons (Fsp3) is 0.316.